The highest BCUT2D eigenvalue weighted by atomic mass is 16.5. The van der Waals surface area contributed by atoms with E-state index in [9.17, 15) is 4.79 Å². The van der Waals surface area contributed by atoms with Gasteiger partial charge >= 0.3 is 6.03 Å². The fourth-order valence-corrected chi connectivity index (χ4v) is 2.82. The molecule has 0 spiro atoms. The van der Waals surface area contributed by atoms with Crippen LogP contribution in [-0.2, 0) is 12.0 Å². The van der Waals surface area contributed by atoms with Crippen molar-refractivity contribution in [1.29, 1.82) is 0 Å². The molecule has 0 aliphatic heterocycles. The predicted molar refractivity (Wildman–Crippen MR) is 93.0 cm³/mol. The number of benzene rings is 1. The van der Waals surface area contributed by atoms with Crippen molar-refractivity contribution < 1.29 is 9.53 Å². The molecule has 0 unspecified atom stereocenters. The minimum Gasteiger partial charge on any atom is -0.478 e. The van der Waals surface area contributed by atoms with Crippen LogP contribution in [0.3, 0.4) is 0 Å². The van der Waals surface area contributed by atoms with E-state index in [0.29, 0.717) is 25.6 Å². The normalized spacial score (nSPS) is 14.7. The fourth-order valence-electron chi connectivity index (χ4n) is 2.82. The number of amides is 2. The summed E-state index contributed by atoms with van der Waals surface area (Å²) in [5, 5.41) is 5.87. The van der Waals surface area contributed by atoms with Crippen LogP contribution in [0.4, 0.5) is 4.79 Å². The summed E-state index contributed by atoms with van der Waals surface area (Å²) in [5.74, 6) is 0.572. The number of carbonyl (C=O) groups excluding carboxylic acids is 1. The second-order valence-corrected chi connectivity index (χ2v) is 6.08. The van der Waals surface area contributed by atoms with Crippen LogP contribution in [0.5, 0.6) is 5.88 Å². The standard InChI is InChI=1S/C19H23N3O2/c1-2-24-17-15(7-6-12-20-17)13-21-18(23)22-14-19(10-11-19)16-8-4-3-5-9-16/h3-9,12H,2,10-11,13-14H2,1H3,(H2,21,22,23). The Kier molecular flexibility index (Phi) is 4.99. The molecule has 1 heterocycles. The summed E-state index contributed by atoms with van der Waals surface area (Å²) in [6.45, 7) is 3.52. The number of aromatic nitrogens is 1. The molecule has 1 fully saturated rings. The zero-order valence-electron chi connectivity index (χ0n) is 13.9. The molecule has 0 saturated heterocycles. The first-order valence-corrected chi connectivity index (χ1v) is 8.37. The molecule has 126 valence electrons. The lowest BCUT2D eigenvalue weighted by atomic mass is 9.96. The molecule has 5 heteroatoms. The van der Waals surface area contributed by atoms with Crippen molar-refractivity contribution in [3.8, 4) is 5.88 Å². The summed E-state index contributed by atoms with van der Waals surface area (Å²) in [6.07, 6.45) is 3.92. The molecule has 1 aromatic carbocycles. The molecule has 3 rings (SSSR count). The van der Waals surface area contributed by atoms with E-state index in [-0.39, 0.29) is 11.4 Å². The van der Waals surface area contributed by atoms with Gasteiger partial charge in [-0.1, -0.05) is 36.4 Å². The molecular weight excluding hydrogens is 302 g/mol. The lowest BCUT2D eigenvalue weighted by Crippen LogP contribution is -2.39. The summed E-state index contributed by atoms with van der Waals surface area (Å²) in [5.41, 5.74) is 2.29. The first-order chi connectivity index (χ1) is 11.7. The van der Waals surface area contributed by atoms with Crippen molar-refractivity contribution >= 4 is 6.03 Å². The zero-order chi connectivity index (χ0) is 16.8. The molecule has 2 amide bonds. The van der Waals surface area contributed by atoms with Crippen LogP contribution in [0.2, 0.25) is 0 Å². The van der Waals surface area contributed by atoms with Gasteiger partial charge in [0.25, 0.3) is 0 Å². The van der Waals surface area contributed by atoms with Crippen molar-refractivity contribution in [2.45, 2.75) is 31.7 Å². The van der Waals surface area contributed by atoms with E-state index in [1.54, 1.807) is 6.20 Å². The Morgan fingerprint density at radius 3 is 2.67 bits per heavy atom. The quantitative estimate of drug-likeness (QED) is 0.822. The van der Waals surface area contributed by atoms with Gasteiger partial charge in [0.2, 0.25) is 5.88 Å². The third kappa shape index (κ3) is 3.85. The molecule has 1 aliphatic carbocycles. The second kappa shape index (κ2) is 7.34. The second-order valence-electron chi connectivity index (χ2n) is 6.08. The van der Waals surface area contributed by atoms with Gasteiger partial charge in [0, 0.05) is 30.3 Å². The van der Waals surface area contributed by atoms with Crippen LogP contribution < -0.4 is 15.4 Å². The third-order valence-corrected chi connectivity index (χ3v) is 4.40. The maximum atomic E-state index is 12.1. The van der Waals surface area contributed by atoms with Crippen LogP contribution in [0, 0.1) is 0 Å². The van der Waals surface area contributed by atoms with Gasteiger partial charge in [-0.15, -0.1) is 0 Å². The molecule has 2 aromatic rings. The van der Waals surface area contributed by atoms with Crippen molar-refractivity contribution in [3.63, 3.8) is 0 Å². The summed E-state index contributed by atoms with van der Waals surface area (Å²) in [6, 6.07) is 14.0. The van der Waals surface area contributed by atoms with E-state index in [0.717, 1.165) is 18.4 Å². The average Bonchev–Trinajstić information content (AvgIpc) is 3.41. The molecule has 5 nitrogen and oxygen atoms in total. The Bertz CT molecular complexity index is 684. The predicted octanol–water partition coefficient (Wildman–Crippen LogP) is 3.01. The topological polar surface area (TPSA) is 63.2 Å². The number of rotatable bonds is 7. The molecule has 0 radical (unpaired) electrons. The molecule has 2 N–H and O–H groups in total. The number of carbonyl (C=O) groups is 1. The highest BCUT2D eigenvalue weighted by Crippen LogP contribution is 2.47. The maximum Gasteiger partial charge on any atom is 0.315 e. The monoisotopic (exact) mass is 325 g/mol. The van der Waals surface area contributed by atoms with Gasteiger partial charge in [-0.25, -0.2) is 9.78 Å². The number of urea groups is 1. The van der Waals surface area contributed by atoms with Crippen molar-refractivity contribution in [3.05, 3.63) is 59.8 Å². The lowest BCUT2D eigenvalue weighted by molar-refractivity contribution is 0.239. The van der Waals surface area contributed by atoms with E-state index in [4.69, 9.17) is 4.74 Å². The van der Waals surface area contributed by atoms with E-state index in [1.165, 1.54) is 5.56 Å². The highest BCUT2D eigenvalue weighted by Gasteiger charge is 2.44. The summed E-state index contributed by atoms with van der Waals surface area (Å²) < 4.78 is 5.47. The minimum atomic E-state index is -0.163. The Morgan fingerprint density at radius 2 is 1.96 bits per heavy atom. The molecule has 1 aromatic heterocycles. The Hall–Kier alpha value is -2.56. The van der Waals surface area contributed by atoms with Gasteiger partial charge in [0.1, 0.15) is 0 Å². The molecule has 0 bridgehead atoms. The van der Waals surface area contributed by atoms with Gasteiger partial charge in [0.15, 0.2) is 0 Å². The number of ether oxygens (including phenoxy) is 1. The number of nitrogens with one attached hydrogen (secondary N) is 2. The Labute approximate surface area is 142 Å². The minimum absolute atomic E-state index is 0.114. The van der Waals surface area contributed by atoms with Gasteiger partial charge in [0.05, 0.1) is 6.61 Å². The van der Waals surface area contributed by atoms with Gasteiger partial charge in [-0.05, 0) is 31.4 Å². The highest BCUT2D eigenvalue weighted by molar-refractivity contribution is 5.74. The number of hydrogen-bond acceptors (Lipinski definition) is 3. The van der Waals surface area contributed by atoms with Crippen LogP contribution >= 0.6 is 0 Å². The Balaban J connectivity index is 1.50. The van der Waals surface area contributed by atoms with Crippen LogP contribution in [0.25, 0.3) is 0 Å². The zero-order valence-corrected chi connectivity index (χ0v) is 13.9. The van der Waals surface area contributed by atoms with Crippen LogP contribution in [0.1, 0.15) is 30.9 Å². The molecule has 0 atom stereocenters. The SMILES string of the molecule is CCOc1ncccc1CNC(=O)NCC1(c2ccccc2)CC1. The third-order valence-electron chi connectivity index (χ3n) is 4.40. The van der Waals surface area contributed by atoms with Gasteiger partial charge < -0.3 is 15.4 Å². The number of hydrogen-bond donors (Lipinski definition) is 2. The van der Waals surface area contributed by atoms with Gasteiger partial charge in [-0.2, -0.15) is 0 Å². The largest absolute Gasteiger partial charge is 0.478 e. The summed E-state index contributed by atoms with van der Waals surface area (Å²) >= 11 is 0. The van der Waals surface area contributed by atoms with Crippen LogP contribution in [0.15, 0.2) is 48.7 Å². The van der Waals surface area contributed by atoms with Crippen molar-refractivity contribution in [2.75, 3.05) is 13.2 Å². The van der Waals surface area contributed by atoms with Crippen molar-refractivity contribution in [2.24, 2.45) is 0 Å². The average molecular weight is 325 g/mol. The summed E-state index contributed by atoms with van der Waals surface area (Å²) in [4.78, 5) is 16.3. The molecular formula is C19H23N3O2. The van der Waals surface area contributed by atoms with E-state index in [2.05, 4.69) is 27.8 Å². The fraction of sp³-hybridized carbons (Fsp3) is 0.368. The smallest absolute Gasteiger partial charge is 0.315 e. The first-order valence-electron chi connectivity index (χ1n) is 8.37. The lowest BCUT2D eigenvalue weighted by Gasteiger charge is -2.17. The van der Waals surface area contributed by atoms with E-state index >= 15 is 0 Å². The Morgan fingerprint density at radius 1 is 1.17 bits per heavy atom. The van der Waals surface area contributed by atoms with E-state index < -0.39 is 0 Å². The maximum absolute atomic E-state index is 12.1. The molecule has 24 heavy (non-hydrogen) atoms. The first kappa shape index (κ1) is 16.3. The molecule has 1 saturated carbocycles. The molecule has 1 aliphatic rings. The van der Waals surface area contributed by atoms with Crippen LogP contribution in [-0.4, -0.2) is 24.2 Å². The van der Waals surface area contributed by atoms with E-state index in [1.807, 2.05) is 37.3 Å². The number of nitrogens with zero attached hydrogens (tertiary/aromatic N) is 1. The van der Waals surface area contributed by atoms with Crippen molar-refractivity contribution in [1.82, 2.24) is 15.6 Å². The van der Waals surface area contributed by atoms with Gasteiger partial charge in [-0.3, -0.25) is 0 Å². The summed E-state index contributed by atoms with van der Waals surface area (Å²) in [7, 11) is 0. The number of pyridine rings is 1.